The average molecular weight is 365 g/mol. The van der Waals surface area contributed by atoms with Gasteiger partial charge in [0.05, 0.1) is 10.4 Å². The monoisotopic (exact) mass is 365 g/mol. The van der Waals surface area contributed by atoms with E-state index in [9.17, 15) is 13.2 Å². The Balaban J connectivity index is 1.98. The number of benzene rings is 1. The fraction of sp³-hybridized carbons (Fsp3) is 0.562. The number of likely N-dealkylation sites (N-methyl/N-ethyl adjacent to an activating group) is 1. The molecular weight excluding hydrogens is 342 g/mol. The number of fused-ring (bicyclic) bond motifs is 1. The number of aryl methyl sites for hydroxylation is 1. The lowest BCUT2D eigenvalue weighted by atomic mass is 10.0. The SMILES string of the molecule is CCCn1nnc2cc(S(=O)(=O)N3CCCCC3C(=O)NC)ccc21. The van der Waals surface area contributed by atoms with Gasteiger partial charge in [0.2, 0.25) is 15.9 Å². The number of piperidine rings is 1. The number of sulfonamides is 1. The molecule has 1 aliphatic rings. The summed E-state index contributed by atoms with van der Waals surface area (Å²) in [5.74, 6) is -0.266. The molecule has 1 aromatic heterocycles. The van der Waals surface area contributed by atoms with Gasteiger partial charge in [0.1, 0.15) is 11.6 Å². The molecule has 8 nitrogen and oxygen atoms in total. The van der Waals surface area contributed by atoms with E-state index in [2.05, 4.69) is 15.6 Å². The van der Waals surface area contributed by atoms with Crippen molar-refractivity contribution in [2.75, 3.05) is 13.6 Å². The van der Waals surface area contributed by atoms with Gasteiger partial charge in [0, 0.05) is 20.1 Å². The molecule has 1 amide bonds. The zero-order valence-corrected chi connectivity index (χ0v) is 15.3. The summed E-state index contributed by atoms with van der Waals surface area (Å²) in [7, 11) is -2.24. The van der Waals surface area contributed by atoms with Gasteiger partial charge in [-0.1, -0.05) is 18.6 Å². The van der Waals surface area contributed by atoms with Gasteiger partial charge in [-0.3, -0.25) is 4.79 Å². The quantitative estimate of drug-likeness (QED) is 0.857. The largest absolute Gasteiger partial charge is 0.358 e. The summed E-state index contributed by atoms with van der Waals surface area (Å²) in [5, 5.41) is 10.7. The van der Waals surface area contributed by atoms with E-state index >= 15 is 0 Å². The molecule has 2 aromatic rings. The Morgan fingerprint density at radius 3 is 2.88 bits per heavy atom. The zero-order valence-electron chi connectivity index (χ0n) is 14.5. The van der Waals surface area contributed by atoms with E-state index in [-0.39, 0.29) is 10.8 Å². The van der Waals surface area contributed by atoms with Crippen LogP contribution in [0.5, 0.6) is 0 Å². The van der Waals surface area contributed by atoms with Gasteiger partial charge >= 0.3 is 0 Å². The number of aromatic nitrogens is 3. The molecule has 0 spiro atoms. The van der Waals surface area contributed by atoms with Crippen molar-refractivity contribution in [1.82, 2.24) is 24.6 Å². The van der Waals surface area contributed by atoms with Crippen LogP contribution in [-0.4, -0.2) is 53.3 Å². The Morgan fingerprint density at radius 2 is 2.16 bits per heavy atom. The molecule has 1 N–H and O–H groups in total. The third-order valence-electron chi connectivity index (χ3n) is 4.53. The number of amides is 1. The van der Waals surface area contributed by atoms with E-state index in [0.29, 0.717) is 18.5 Å². The summed E-state index contributed by atoms with van der Waals surface area (Å²) in [6, 6.07) is 4.19. The summed E-state index contributed by atoms with van der Waals surface area (Å²) in [5.41, 5.74) is 1.35. The first-order chi connectivity index (χ1) is 12.0. The molecule has 1 aliphatic heterocycles. The van der Waals surface area contributed by atoms with Crippen LogP contribution in [-0.2, 0) is 21.4 Å². The summed E-state index contributed by atoms with van der Waals surface area (Å²) in [6.07, 6.45) is 3.05. The summed E-state index contributed by atoms with van der Waals surface area (Å²) >= 11 is 0. The zero-order chi connectivity index (χ0) is 18.0. The van der Waals surface area contributed by atoms with Crippen molar-refractivity contribution in [2.24, 2.45) is 0 Å². The average Bonchev–Trinajstić information content (AvgIpc) is 3.03. The second-order valence-corrected chi connectivity index (χ2v) is 8.10. The van der Waals surface area contributed by atoms with Crippen LogP contribution in [0.15, 0.2) is 23.1 Å². The number of rotatable bonds is 5. The number of hydrogen-bond donors (Lipinski definition) is 1. The molecule has 0 bridgehead atoms. The van der Waals surface area contributed by atoms with Crippen LogP contribution in [0.25, 0.3) is 11.0 Å². The molecule has 0 aliphatic carbocycles. The molecule has 1 saturated heterocycles. The maximum absolute atomic E-state index is 13.1. The molecule has 9 heteroatoms. The minimum atomic E-state index is -3.77. The lowest BCUT2D eigenvalue weighted by molar-refractivity contribution is -0.125. The maximum atomic E-state index is 13.1. The summed E-state index contributed by atoms with van der Waals surface area (Å²) < 4.78 is 29.2. The molecule has 0 saturated carbocycles. The van der Waals surface area contributed by atoms with Crippen molar-refractivity contribution >= 4 is 27.0 Å². The Morgan fingerprint density at radius 1 is 1.36 bits per heavy atom. The van der Waals surface area contributed by atoms with Crippen molar-refractivity contribution in [2.45, 2.75) is 50.1 Å². The Hall–Kier alpha value is -2.00. The van der Waals surface area contributed by atoms with Gasteiger partial charge in [-0.05, 0) is 37.5 Å². The summed E-state index contributed by atoms with van der Waals surface area (Å²) in [4.78, 5) is 12.3. The van der Waals surface area contributed by atoms with Crippen molar-refractivity contribution in [3.8, 4) is 0 Å². The van der Waals surface area contributed by atoms with Crippen molar-refractivity contribution in [3.05, 3.63) is 18.2 Å². The van der Waals surface area contributed by atoms with Crippen molar-refractivity contribution < 1.29 is 13.2 Å². The lowest BCUT2D eigenvalue weighted by Gasteiger charge is -2.33. The maximum Gasteiger partial charge on any atom is 0.243 e. The van der Waals surface area contributed by atoms with Crippen LogP contribution in [0.4, 0.5) is 0 Å². The smallest absolute Gasteiger partial charge is 0.243 e. The van der Waals surface area contributed by atoms with Crippen LogP contribution >= 0.6 is 0 Å². The van der Waals surface area contributed by atoms with Crippen LogP contribution in [0.2, 0.25) is 0 Å². The van der Waals surface area contributed by atoms with Gasteiger partial charge in [0.25, 0.3) is 0 Å². The molecule has 3 rings (SSSR count). The predicted octanol–water partition coefficient (Wildman–Crippen LogP) is 1.13. The third-order valence-corrected chi connectivity index (χ3v) is 6.43. The molecule has 136 valence electrons. The Bertz CT molecular complexity index is 877. The highest BCUT2D eigenvalue weighted by molar-refractivity contribution is 7.89. The van der Waals surface area contributed by atoms with E-state index in [1.54, 1.807) is 22.9 Å². The minimum absolute atomic E-state index is 0.152. The molecule has 1 unspecified atom stereocenters. The highest BCUT2D eigenvalue weighted by atomic mass is 32.2. The normalized spacial score (nSPS) is 19.2. The van der Waals surface area contributed by atoms with Crippen molar-refractivity contribution in [1.29, 1.82) is 0 Å². The molecule has 1 aromatic carbocycles. The van der Waals surface area contributed by atoms with Crippen LogP contribution < -0.4 is 5.32 Å². The van der Waals surface area contributed by atoms with Crippen LogP contribution in [0, 0.1) is 0 Å². The highest BCUT2D eigenvalue weighted by Gasteiger charge is 2.37. The topological polar surface area (TPSA) is 97.2 Å². The Labute approximate surface area is 147 Å². The second-order valence-electron chi connectivity index (χ2n) is 6.20. The first-order valence-electron chi connectivity index (χ1n) is 8.55. The van der Waals surface area contributed by atoms with Gasteiger partial charge in [-0.25, -0.2) is 13.1 Å². The molecular formula is C16H23N5O3S. The van der Waals surface area contributed by atoms with E-state index in [4.69, 9.17) is 0 Å². The lowest BCUT2D eigenvalue weighted by Crippen LogP contribution is -2.51. The van der Waals surface area contributed by atoms with E-state index in [1.807, 2.05) is 6.92 Å². The standard InChI is InChI=1S/C16H23N5O3S/c1-3-9-20-14-8-7-12(11-13(14)18-19-20)25(23,24)21-10-5-4-6-15(21)16(22)17-2/h7-8,11,15H,3-6,9-10H2,1-2H3,(H,17,22). The first kappa shape index (κ1) is 17.8. The van der Waals surface area contributed by atoms with Crippen LogP contribution in [0.3, 0.4) is 0 Å². The van der Waals surface area contributed by atoms with E-state index < -0.39 is 16.1 Å². The van der Waals surface area contributed by atoms with Gasteiger partial charge < -0.3 is 5.32 Å². The number of nitrogens with zero attached hydrogens (tertiary/aromatic N) is 4. The van der Waals surface area contributed by atoms with E-state index in [1.165, 1.54) is 11.4 Å². The van der Waals surface area contributed by atoms with E-state index in [0.717, 1.165) is 31.3 Å². The van der Waals surface area contributed by atoms with Gasteiger partial charge in [-0.2, -0.15) is 4.31 Å². The van der Waals surface area contributed by atoms with Crippen LogP contribution in [0.1, 0.15) is 32.6 Å². The van der Waals surface area contributed by atoms with Crippen molar-refractivity contribution in [3.63, 3.8) is 0 Å². The number of hydrogen-bond acceptors (Lipinski definition) is 5. The molecule has 2 heterocycles. The number of nitrogens with one attached hydrogen (secondary N) is 1. The first-order valence-corrected chi connectivity index (χ1v) is 9.99. The second kappa shape index (κ2) is 7.09. The molecule has 0 radical (unpaired) electrons. The molecule has 25 heavy (non-hydrogen) atoms. The fourth-order valence-electron chi connectivity index (χ4n) is 3.25. The fourth-order valence-corrected chi connectivity index (χ4v) is 4.92. The minimum Gasteiger partial charge on any atom is -0.358 e. The highest BCUT2D eigenvalue weighted by Crippen LogP contribution is 2.27. The Kier molecular flexibility index (Phi) is 5.05. The predicted molar refractivity (Wildman–Crippen MR) is 93.4 cm³/mol. The third kappa shape index (κ3) is 3.25. The molecule has 1 atom stereocenters. The van der Waals surface area contributed by atoms with Gasteiger partial charge in [0.15, 0.2) is 0 Å². The number of carbonyl (C=O) groups excluding carboxylic acids is 1. The van der Waals surface area contributed by atoms with Gasteiger partial charge in [-0.15, -0.1) is 5.10 Å². The summed E-state index contributed by atoms with van der Waals surface area (Å²) in [6.45, 7) is 3.12. The molecule has 1 fully saturated rings. The number of carbonyl (C=O) groups is 1.